The van der Waals surface area contributed by atoms with Crippen molar-refractivity contribution < 1.29 is 13.2 Å². The number of halogens is 3. The van der Waals surface area contributed by atoms with E-state index in [-0.39, 0.29) is 5.03 Å². The van der Waals surface area contributed by atoms with Crippen LogP contribution in [0.1, 0.15) is 0 Å². The minimum Gasteiger partial charge on any atom is -0.339 e. The Kier molecular flexibility index (Phi) is 2.63. The highest BCUT2D eigenvalue weighted by atomic mass is 32.2. The molecule has 0 amide bonds. The molecule has 0 aliphatic rings. The van der Waals surface area contributed by atoms with Crippen LogP contribution in [0.3, 0.4) is 0 Å². The summed E-state index contributed by atoms with van der Waals surface area (Å²) in [5.41, 5.74) is 0. The quantitative estimate of drug-likeness (QED) is 0.807. The molecular weight excluding hydrogens is 227 g/mol. The highest BCUT2D eigenvalue weighted by Crippen LogP contribution is 2.25. The maximum atomic E-state index is 13.1. The molecule has 15 heavy (non-hydrogen) atoms. The third-order valence-corrected chi connectivity index (χ3v) is 2.42. The summed E-state index contributed by atoms with van der Waals surface area (Å²) in [6.07, 6.45) is 2.99. The number of H-pyrrole nitrogens is 1. The van der Waals surface area contributed by atoms with E-state index < -0.39 is 17.6 Å². The lowest BCUT2D eigenvalue weighted by molar-refractivity contribution is 0.448. The van der Waals surface area contributed by atoms with Crippen molar-refractivity contribution >= 4 is 11.8 Å². The van der Waals surface area contributed by atoms with Crippen LogP contribution in [0.2, 0.25) is 0 Å². The standard InChI is InChI=1S/C8H4F3N3S/c9-4-3-5(10)7(14-6(4)11)15-8-12-1-2-13-8/h1-3H,(H,12,13). The molecule has 0 bridgehead atoms. The monoisotopic (exact) mass is 231 g/mol. The van der Waals surface area contributed by atoms with Crippen molar-refractivity contribution in [2.24, 2.45) is 0 Å². The predicted octanol–water partition coefficient (Wildman–Crippen LogP) is 2.37. The summed E-state index contributed by atoms with van der Waals surface area (Å²) in [4.78, 5) is 9.60. The number of hydrogen-bond donors (Lipinski definition) is 1. The smallest absolute Gasteiger partial charge is 0.250 e. The number of hydrogen-bond acceptors (Lipinski definition) is 3. The van der Waals surface area contributed by atoms with Gasteiger partial charge in [0, 0.05) is 18.5 Å². The first-order valence-corrected chi connectivity index (χ1v) is 4.67. The van der Waals surface area contributed by atoms with Gasteiger partial charge >= 0.3 is 0 Å². The molecule has 0 aliphatic carbocycles. The molecular formula is C8H4F3N3S. The SMILES string of the molecule is Fc1cc(F)c(Sc2ncc[nH]2)nc1F. The van der Waals surface area contributed by atoms with Crippen LogP contribution >= 0.6 is 11.8 Å². The van der Waals surface area contributed by atoms with Gasteiger partial charge in [0.05, 0.1) is 0 Å². The number of rotatable bonds is 2. The van der Waals surface area contributed by atoms with Crippen LogP contribution in [-0.2, 0) is 0 Å². The largest absolute Gasteiger partial charge is 0.339 e. The Morgan fingerprint density at radius 3 is 2.67 bits per heavy atom. The zero-order valence-corrected chi connectivity index (χ0v) is 7.99. The highest BCUT2D eigenvalue weighted by molar-refractivity contribution is 7.99. The molecule has 0 saturated heterocycles. The zero-order valence-electron chi connectivity index (χ0n) is 7.17. The van der Waals surface area contributed by atoms with Crippen molar-refractivity contribution in [3.8, 4) is 0 Å². The van der Waals surface area contributed by atoms with Crippen LogP contribution in [0.25, 0.3) is 0 Å². The first kappa shape index (κ1) is 10.0. The summed E-state index contributed by atoms with van der Waals surface area (Å²) < 4.78 is 38.3. The molecule has 7 heteroatoms. The van der Waals surface area contributed by atoms with Gasteiger partial charge in [0.25, 0.3) is 0 Å². The van der Waals surface area contributed by atoms with Crippen LogP contribution in [-0.4, -0.2) is 15.0 Å². The minimum atomic E-state index is -1.33. The molecule has 0 fully saturated rings. The van der Waals surface area contributed by atoms with E-state index in [4.69, 9.17) is 0 Å². The van der Waals surface area contributed by atoms with Crippen LogP contribution < -0.4 is 0 Å². The molecule has 2 rings (SSSR count). The fourth-order valence-corrected chi connectivity index (χ4v) is 1.60. The van der Waals surface area contributed by atoms with Crippen molar-refractivity contribution in [3.05, 3.63) is 36.0 Å². The maximum Gasteiger partial charge on any atom is 0.250 e. The zero-order chi connectivity index (χ0) is 10.8. The molecule has 0 atom stereocenters. The number of aromatic nitrogens is 3. The van der Waals surface area contributed by atoms with Gasteiger partial charge in [0.2, 0.25) is 5.95 Å². The first-order valence-electron chi connectivity index (χ1n) is 3.85. The maximum absolute atomic E-state index is 13.1. The van der Waals surface area contributed by atoms with E-state index in [1.807, 2.05) is 0 Å². The van der Waals surface area contributed by atoms with Crippen molar-refractivity contribution in [3.63, 3.8) is 0 Å². The molecule has 0 aromatic carbocycles. The molecule has 1 N–H and O–H groups in total. The predicted molar refractivity (Wildman–Crippen MR) is 46.8 cm³/mol. The van der Waals surface area contributed by atoms with Gasteiger partial charge in [-0.25, -0.2) is 18.7 Å². The second-order valence-electron chi connectivity index (χ2n) is 2.54. The summed E-state index contributed by atoms with van der Waals surface area (Å²) >= 11 is 0.784. The van der Waals surface area contributed by atoms with E-state index in [0.29, 0.717) is 11.2 Å². The molecule has 0 unspecified atom stereocenters. The van der Waals surface area contributed by atoms with Gasteiger partial charge in [-0.15, -0.1) is 0 Å². The number of aromatic amines is 1. The lowest BCUT2D eigenvalue weighted by atomic mass is 10.4. The number of imidazole rings is 1. The lowest BCUT2D eigenvalue weighted by Gasteiger charge is -1.99. The van der Waals surface area contributed by atoms with E-state index in [0.717, 1.165) is 11.8 Å². The van der Waals surface area contributed by atoms with Gasteiger partial charge in [0.15, 0.2) is 16.8 Å². The van der Waals surface area contributed by atoms with Crippen LogP contribution in [0.4, 0.5) is 13.2 Å². The topological polar surface area (TPSA) is 41.6 Å². The van der Waals surface area contributed by atoms with Crippen molar-refractivity contribution in [2.45, 2.75) is 10.2 Å². The Bertz CT molecular complexity index is 472. The minimum absolute atomic E-state index is 0.260. The van der Waals surface area contributed by atoms with E-state index in [9.17, 15) is 13.2 Å². The second-order valence-corrected chi connectivity index (χ2v) is 3.52. The van der Waals surface area contributed by atoms with E-state index in [1.165, 1.54) is 12.4 Å². The fraction of sp³-hybridized carbons (Fsp3) is 0. The molecule has 3 nitrogen and oxygen atoms in total. The molecule has 2 aromatic rings. The average molecular weight is 231 g/mol. The lowest BCUT2D eigenvalue weighted by Crippen LogP contribution is -1.95. The number of pyridine rings is 1. The van der Waals surface area contributed by atoms with Crippen molar-refractivity contribution in [1.29, 1.82) is 0 Å². The third-order valence-electron chi connectivity index (χ3n) is 1.52. The molecule has 0 radical (unpaired) electrons. The molecule has 2 aromatic heterocycles. The van der Waals surface area contributed by atoms with Gasteiger partial charge in [-0.3, -0.25) is 0 Å². The van der Waals surface area contributed by atoms with Gasteiger partial charge in [-0.2, -0.15) is 4.39 Å². The van der Waals surface area contributed by atoms with Gasteiger partial charge in [-0.1, -0.05) is 0 Å². The van der Waals surface area contributed by atoms with Gasteiger partial charge in [0.1, 0.15) is 5.03 Å². The van der Waals surface area contributed by atoms with E-state index >= 15 is 0 Å². The Hall–Kier alpha value is -1.50. The van der Waals surface area contributed by atoms with Crippen molar-refractivity contribution in [1.82, 2.24) is 15.0 Å². The summed E-state index contributed by atoms with van der Waals surface area (Å²) in [5, 5.41) is 0.0938. The molecule has 78 valence electrons. The Morgan fingerprint density at radius 2 is 2.00 bits per heavy atom. The second kappa shape index (κ2) is 3.93. The molecule has 0 spiro atoms. The van der Waals surface area contributed by atoms with Crippen LogP contribution in [0, 0.1) is 17.6 Å². The summed E-state index contributed by atoms with van der Waals surface area (Å²) in [7, 11) is 0. The van der Waals surface area contributed by atoms with E-state index in [2.05, 4.69) is 15.0 Å². The van der Waals surface area contributed by atoms with E-state index in [1.54, 1.807) is 0 Å². The normalized spacial score (nSPS) is 10.6. The highest BCUT2D eigenvalue weighted by Gasteiger charge is 2.13. The van der Waals surface area contributed by atoms with Crippen LogP contribution in [0.5, 0.6) is 0 Å². The first-order chi connectivity index (χ1) is 7.16. The third kappa shape index (κ3) is 2.12. The Balaban J connectivity index is 2.33. The number of nitrogens with zero attached hydrogens (tertiary/aromatic N) is 2. The fourth-order valence-electron chi connectivity index (χ4n) is 0.898. The summed E-state index contributed by atoms with van der Waals surface area (Å²) in [6, 6.07) is 0.452. The molecule has 0 saturated carbocycles. The Labute approximate surface area is 86.8 Å². The number of nitrogens with one attached hydrogen (secondary N) is 1. The molecule has 0 aliphatic heterocycles. The average Bonchev–Trinajstić information content (AvgIpc) is 2.67. The Morgan fingerprint density at radius 1 is 1.20 bits per heavy atom. The van der Waals surface area contributed by atoms with Crippen molar-refractivity contribution in [2.75, 3.05) is 0 Å². The summed E-state index contributed by atoms with van der Waals surface area (Å²) in [5.74, 6) is -3.56. The van der Waals surface area contributed by atoms with Gasteiger partial charge in [-0.05, 0) is 11.8 Å². The molecule has 2 heterocycles. The van der Waals surface area contributed by atoms with Crippen LogP contribution in [0.15, 0.2) is 28.6 Å². The summed E-state index contributed by atoms with van der Waals surface area (Å²) in [6.45, 7) is 0. The van der Waals surface area contributed by atoms with Gasteiger partial charge < -0.3 is 4.98 Å².